The molecule has 0 bridgehead atoms. The molecule has 1 saturated heterocycles. The van der Waals surface area contributed by atoms with E-state index in [1.807, 2.05) is 57.2 Å². The molecule has 192 valence electrons. The summed E-state index contributed by atoms with van der Waals surface area (Å²) in [6.45, 7) is 10.4. The van der Waals surface area contributed by atoms with Crippen LogP contribution in [0.15, 0.2) is 66.2 Å². The van der Waals surface area contributed by atoms with Crippen LogP contribution in [-0.2, 0) is 9.59 Å². The van der Waals surface area contributed by atoms with E-state index in [2.05, 4.69) is 13.8 Å². The van der Waals surface area contributed by atoms with Crippen LogP contribution in [0.25, 0.3) is 5.76 Å². The zero-order chi connectivity index (χ0) is 26.9. The molecule has 1 fully saturated rings. The number of hydrogen-bond acceptors (Lipinski definition) is 5. The van der Waals surface area contributed by atoms with Crippen LogP contribution in [0.4, 0.5) is 5.69 Å². The zero-order valence-electron chi connectivity index (χ0n) is 22.2. The number of carbonyl (C=O) groups is 2. The molecule has 0 radical (unpaired) electrons. The fraction of sp³-hybridized carbons (Fsp3) is 0.290. The van der Waals surface area contributed by atoms with Gasteiger partial charge in [0.05, 0.1) is 25.3 Å². The molecule has 0 aliphatic carbocycles. The van der Waals surface area contributed by atoms with Gasteiger partial charge in [0.2, 0.25) is 0 Å². The van der Waals surface area contributed by atoms with Crippen molar-refractivity contribution in [3.63, 3.8) is 0 Å². The Morgan fingerprint density at radius 1 is 0.946 bits per heavy atom. The summed E-state index contributed by atoms with van der Waals surface area (Å²) >= 11 is 0. The first-order chi connectivity index (χ1) is 17.6. The molecule has 3 aromatic carbocycles. The molecule has 1 N–H and O–H groups in total. The summed E-state index contributed by atoms with van der Waals surface area (Å²) in [6.07, 6.45) is 0. The molecule has 1 amide bonds. The van der Waals surface area contributed by atoms with Gasteiger partial charge < -0.3 is 14.6 Å². The average Bonchev–Trinajstić information content (AvgIpc) is 3.14. The summed E-state index contributed by atoms with van der Waals surface area (Å²) in [6, 6.07) is 17.4. The maximum Gasteiger partial charge on any atom is 0.300 e. The molecule has 1 aliphatic heterocycles. The molecule has 6 nitrogen and oxygen atoms in total. The number of carbonyl (C=O) groups excluding carboxylic acids is 2. The lowest BCUT2D eigenvalue weighted by Gasteiger charge is -2.28. The van der Waals surface area contributed by atoms with Gasteiger partial charge in [-0.25, -0.2) is 0 Å². The second-order valence-corrected chi connectivity index (χ2v) is 9.89. The summed E-state index contributed by atoms with van der Waals surface area (Å²) in [7, 11) is 1.54. The lowest BCUT2D eigenvalue weighted by molar-refractivity contribution is -0.132. The molecular weight excluding hydrogens is 466 g/mol. The number of amides is 1. The number of aliphatic hydroxyl groups is 1. The number of Topliss-reactive ketones (excluding diaryl/α,β-unsaturated/α-hetero) is 1. The van der Waals surface area contributed by atoms with Crippen molar-refractivity contribution in [1.29, 1.82) is 0 Å². The predicted molar refractivity (Wildman–Crippen MR) is 145 cm³/mol. The van der Waals surface area contributed by atoms with Crippen LogP contribution < -0.4 is 14.4 Å². The SMILES string of the molecule is COc1ccccc1C1/C(=C(\O)c2ccc(OCC(C)C)c(C)c2)C(=O)C(=O)N1c1cc(C)ccc1C. The van der Waals surface area contributed by atoms with Crippen molar-refractivity contribution < 1.29 is 24.2 Å². The van der Waals surface area contributed by atoms with E-state index in [0.717, 1.165) is 16.7 Å². The van der Waals surface area contributed by atoms with E-state index in [1.54, 1.807) is 31.4 Å². The fourth-order valence-corrected chi connectivity index (χ4v) is 4.62. The lowest BCUT2D eigenvalue weighted by Crippen LogP contribution is -2.30. The van der Waals surface area contributed by atoms with E-state index < -0.39 is 17.7 Å². The van der Waals surface area contributed by atoms with Crippen molar-refractivity contribution >= 4 is 23.1 Å². The van der Waals surface area contributed by atoms with Crippen molar-refractivity contribution in [1.82, 2.24) is 0 Å². The Morgan fingerprint density at radius 3 is 2.35 bits per heavy atom. The van der Waals surface area contributed by atoms with Gasteiger partial charge in [-0.3, -0.25) is 14.5 Å². The molecule has 1 aliphatic rings. The first-order valence-corrected chi connectivity index (χ1v) is 12.4. The van der Waals surface area contributed by atoms with Gasteiger partial charge in [-0.15, -0.1) is 0 Å². The minimum atomic E-state index is -0.867. The van der Waals surface area contributed by atoms with Crippen molar-refractivity contribution in [2.75, 3.05) is 18.6 Å². The largest absolute Gasteiger partial charge is 0.507 e. The Kier molecular flexibility index (Phi) is 7.39. The van der Waals surface area contributed by atoms with E-state index in [-0.39, 0.29) is 11.3 Å². The topological polar surface area (TPSA) is 76.1 Å². The molecule has 3 aromatic rings. The number of para-hydroxylation sites is 1. The predicted octanol–water partition coefficient (Wildman–Crippen LogP) is 6.28. The number of aryl methyl sites for hydroxylation is 3. The summed E-state index contributed by atoms with van der Waals surface area (Å²) in [5, 5.41) is 11.5. The first kappa shape index (κ1) is 26.0. The Balaban J connectivity index is 1.92. The third-order valence-electron chi connectivity index (χ3n) is 6.52. The number of aliphatic hydroxyl groups excluding tert-OH is 1. The van der Waals surface area contributed by atoms with Gasteiger partial charge in [-0.05, 0) is 73.7 Å². The summed E-state index contributed by atoms with van der Waals surface area (Å²) in [5.41, 5.74) is 4.30. The van der Waals surface area contributed by atoms with Gasteiger partial charge in [0.1, 0.15) is 17.3 Å². The quantitative estimate of drug-likeness (QED) is 0.235. The van der Waals surface area contributed by atoms with Crippen LogP contribution in [0.2, 0.25) is 0 Å². The Hall–Kier alpha value is -4.06. The van der Waals surface area contributed by atoms with Crippen molar-refractivity contribution in [2.24, 2.45) is 5.92 Å². The third-order valence-corrected chi connectivity index (χ3v) is 6.52. The van der Waals surface area contributed by atoms with E-state index >= 15 is 0 Å². The Labute approximate surface area is 218 Å². The highest BCUT2D eigenvalue weighted by Gasteiger charge is 2.48. The second kappa shape index (κ2) is 10.5. The smallest absolute Gasteiger partial charge is 0.300 e. The number of nitrogens with zero attached hydrogens (tertiary/aromatic N) is 1. The van der Waals surface area contributed by atoms with Crippen LogP contribution in [-0.4, -0.2) is 30.5 Å². The molecule has 37 heavy (non-hydrogen) atoms. The lowest BCUT2D eigenvalue weighted by atomic mass is 9.93. The Bertz CT molecular complexity index is 1390. The van der Waals surface area contributed by atoms with Crippen molar-refractivity contribution in [2.45, 2.75) is 40.7 Å². The number of ketones is 1. The molecule has 0 aromatic heterocycles. The summed E-state index contributed by atoms with van der Waals surface area (Å²) < 4.78 is 11.5. The minimum Gasteiger partial charge on any atom is -0.507 e. The van der Waals surface area contributed by atoms with Gasteiger partial charge in [0.15, 0.2) is 0 Å². The number of benzene rings is 3. The average molecular weight is 500 g/mol. The first-order valence-electron chi connectivity index (χ1n) is 12.4. The van der Waals surface area contributed by atoms with E-state index in [1.165, 1.54) is 4.90 Å². The Morgan fingerprint density at radius 2 is 1.68 bits per heavy atom. The van der Waals surface area contributed by atoms with Crippen LogP contribution in [0, 0.1) is 26.7 Å². The van der Waals surface area contributed by atoms with E-state index in [4.69, 9.17) is 9.47 Å². The highest BCUT2D eigenvalue weighted by atomic mass is 16.5. The molecular formula is C31H33NO5. The molecule has 4 rings (SSSR count). The highest BCUT2D eigenvalue weighted by molar-refractivity contribution is 6.51. The maximum absolute atomic E-state index is 13.5. The fourth-order valence-electron chi connectivity index (χ4n) is 4.62. The molecule has 0 saturated carbocycles. The van der Waals surface area contributed by atoms with Gasteiger partial charge in [0.25, 0.3) is 11.7 Å². The van der Waals surface area contributed by atoms with Gasteiger partial charge in [-0.2, -0.15) is 0 Å². The minimum absolute atomic E-state index is 0.0191. The van der Waals surface area contributed by atoms with Crippen LogP contribution in [0.3, 0.4) is 0 Å². The number of rotatable bonds is 7. The van der Waals surface area contributed by atoms with Crippen LogP contribution >= 0.6 is 0 Å². The monoisotopic (exact) mass is 499 g/mol. The second-order valence-electron chi connectivity index (χ2n) is 9.89. The molecule has 1 unspecified atom stereocenters. The van der Waals surface area contributed by atoms with Gasteiger partial charge in [-0.1, -0.05) is 44.2 Å². The number of hydrogen-bond donors (Lipinski definition) is 1. The van der Waals surface area contributed by atoms with Crippen LogP contribution in [0.5, 0.6) is 11.5 Å². The van der Waals surface area contributed by atoms with Gasteiger partial charge in [0, 0.05) is 16.8 Å². The zero-order valence-corrected chi connectivity index (χ0v) is 22.2. The number of anilines is 1. The van der Waals surface area contributed by atoms with Crippen LogP contribution in [0.1, 0.15) is 47.7 Å². The van der Waals surface area contributed by atoms with Crippen molar-refractivity contribution in [3.8, 4) is 11.5 Å². The summed E-state index contributed by atoms with van der Waals surface area (Å²) in [4.78, 5) is 28.6. The number of methoxy groups -OCH3 is 1. The van der Waals surface area contributed by atoms with Crippen molar-refractivity contribution in [3.05, 3.63) is 94.1 Å². The van der Waals surface area contributed by atoms with E-state index in [0.29, 0.717) is 40.8 Å². The maximum atomic E-state index is 13.5. The molecule has 0 spiro atoms. The normalized spacial score (nSPS) is 16.9. The van der Waals surface area contributed by atoms with Gasteiger partial charge >= 0.3 is 0 Å². The molecule has 6 heteroatoms. The number of ether oxygens (including phenoxy) is 2. The third kappa shape index (κ3) is 4.96. The standard InChI is InChI=1S/C31H33NO5/c1-18(2)17-37-25-14-13-22(16-21(25)5)29(33)27-28(23-9-7-8-10-26(23)36-6)32(31(35)30(27)34)24-15-19(3)11-12-20(24)4/h7-16,18,28,33H,17H2,1-6H3/b29-27+. The molecule has 1 heterocycles. The highest BCUT2D eigenvalue weighted by Crippen LogP contribution is 2.46. The molecule has 1 atom stereocenters. The van der Waals surface area contributed by atoms with E-state index in [9.17, 15) is 14.7 Å². The summed E-state index contributed by atoms with van der Waals surface area (Å²) in [5.74, 6) is -0.0755.